The van der Waals surface area contributed by atoms with Crippen molar-refractivity contribution in [2.75, 3.05) is 25.0 Å². The molecule has 5 nitrogen and oxygen atoms in total. The van der Waals surface area contributed by atoms with Crippen molar-refractivity contribution >= 4 is 5.82 Å². The van der Waals surface area contributed by atoms with Crippen LogP contribution in [-0.4, -0.2) is 35.6 Å². The SMILES string of the molecule is CCCOc1cc(NCC(F)(F)CN)ncn1. The summed E-state index contributed by atoms with van der Waals surface area (Å²) in [6.07, 6.45) is 2.10. The van der Waals surface area contributed by atoms with Crippen LogP contribution in [0.15, 0.2) is 12.4 Å². The second-order valence-electron chi connectivity index (χ2n) is 3.50. The molecule has 0 aliphatic rings. The first-order valence-electron chi connectivity index (χ1n) is 5.34. The van der Waals surface area contributed by atoms with Gasteiger partial charge < -0.3 is 15.8 Å². The van der Waals surface area contributed by atoms with Crippen molar-refractivity contribution in [3.8, 4) is 5.88 Å². The molecule has 0 atom stereocenters. The van der Waals surface area contributed by atoms with Gasteiger partial charge in [-0.05, 0) is 6.42 Å². The summed E-state index contributed by atoms with van der Waals surface area (Å²) in [5.41, 5.74) is 4.92. The molecule has 0 saturated heterocycles. The first kappa shape index (κ1) is 13.6. The lowest BCUT2D eigenvalue weighted by molar-refractivity contribution is 0.0253. The van der Waals surface area contributed by atoms with Crippen LogP contribution >= 0.6 is 0 Å². The average molecular weight is 246 g/mol. The second-order valence-corrected chi connectivity index (χ2v) is 3.50. The van der Waals surface area contributed by atoms with Crippen molar-refractivity contribution < 1.29 is 13.5 Å². The van der Waals surface area contributed by atoms with Crippen LogP contribution in [0.2, 0.25) is 0 Å². The van der Waals surface area contributed by atoms with Crippen molar-refractivity contribution in [2.24, 2.45) is 5.73 Å². The van der Waals surface area contributed by atoms with E-state index in [1.165, 1.54) is 12.4 Å². The number of halogens is 2. The highest BCUT2D eigenvalue weighted by Gasteiger charge is 2.26. The molecular formula is C10H16F2N4O. The topological polar surface area (TPSA) is 73.1 Å². The molecule has 0 bridgehead atoms. The van der Waals surface area contributed by atoms with Gasteiger partial charge >= 0.3 is 0 Å². The Hall–Kier alpha value is -1.50. The number of nitrogens with one attached hydrogen (secondary N) is 1. The zero-order valence-electron chi connectivity index (χ0n) is 9.62. The van der Waals surface area contributed by atoms with E-state index in [4.69, 9.17) is 10.5 Å². The molecule has 1 aromatic heterocycles. The molecule has 96 valence electrons. The van der Waals surface area contributed by atoms with Crippen molar-refractivity contribution in [3.05, 3.63) is 12.4 Å². The summed E-state index contributed by atoms with van der Waals surface area (Å²) in [7, 11) is 0. The Morgan fingerprint density at radius 2 is 2.24 bits per heavy atom. The Kier molecular flexibility index (Phi) is 5.02. The zero-order valence-corrected chi connectivity index (χ0v) is 9.62. The standard InChI is InChI=1S/C10H16F2N4O/c1-2-3-17-9-4-8(15-7-16-9)14-6-10(11,12)5-13/h4,7H,2-3,5-6,13H2,1H3,(H,14,15,16). The number of rotatable bonds is 7. The fourth-order valence-electron chi connectivity index (χ4n) is 1.01. The Morgan fingerprint density at radius 3 is 2.88 bits per heavy atom. The summed E-state index contributed by atoms with van der Waals surface area (Å²) in [6.45, 7) is 1.22. The molecule has 1 aromatic rings. The lowest BCUT2D eigenvalue weighted by atomic mass is 10.3. The summed E-state index contributed by atoms with van der Waals surface area (Å²) < 4.78 is 31.0. The molecule has 3 N–H and O–H groups in total. The van der Waals surface area contributed by atoms with Gasteiger partial charge in [-0.1, -0.05) is 6.92 Å². The molecule has 0 aromatic carbocycles. The molecule has 0 saturated carbocycles. The fourth-order valence-corrected chi connectivity index (χ4v) is 1.01. The quantitative estimate of drug-likeness (QED) is 0.758. The summed E-state index contributed by atoms with van der Waals surface area (Å²) >= 11 is 0. The largest absolute Gasteiger partial charge is 0.478 e. The highest BCUT2D eigenvalue weighted by Crippen LogP contribution is 2.15. The van der Waals surface area contributed by atoms with E-state index < -0.39 is 19.0 Å². The maximum Gasteiger partial charge on any atom is 0.276 e. The minimum absolute atomic E-state index is 0.291. The lowest BCUT2D eigenvalue weighted by Crippen LogP contribution is -2.35. The molecule has 0 unspecified atom stereocenters. The molecular weight excluding hydrogens is 230 g/mol. The molecule has 0 aliphatic carbocycles. The van der Waals surface area contributed by atoms with E-state index in [9.17, 15) is 8.78 Å². The third-order valence-electron chi connectivity index (χ3n) is 1.92. The monoisotopic (exact) mass is 246 g/mol. The number of alkyl halides is 2. The van der Waals surface area contributed by atoms with Gasteiger partial charge in [-0.25, -0.2) is 18.7 Å². The van der Waals surface area contributed by atoms with Crippen LogP contribution in [-0.2, 0) is 0 Å². The Labute approximate surface area is 98.4 Å². The van der Waals surface area contributed by atoms with Crippen molar-refractivity contribution in [1.82, 2.24) is 9.97 Å². The number of hydrogen-bond acceptors (Lipinski definition) is 5. The number of hydrogen-bond donors (Lipinski definition) is 2. The van der Waals surface area contributed by atoms with E-state index in [-0.39, 0.29) is 0 Å². The smallest absolute Gasteiger partial charge is 0.276 e. The van der Waals surface area contributed by atoms with Crippen molar-refractivity contribution in [2.45, 2.75) is 19.3 Å². The third-order valence-corrected chi connectivity index (χ3v) is 1.92. The molecule has 17 heavy (non-hydrogen) atoms. The first-order chi connectivity index (χ1) is 8.07. The molecule has 1 heterocycles. The molecule has 1 rings (SSSR count). The molecule has 7 heteroatoms. The number of nitrogens with zero attached hydrogens (tertiary/aromatic N) is 2. The number of anilines is 1. The van der Waals surface area contributed by atoms with E-state index in [2.05, 4.69) is 15.3 Å². The summed E-state index contributed by atoms with van der Waals surface area (Å²) in [5.74, 6) is -2.30. The average Bonchev–Trinajstić information content (AvgIpc) is 2.35. The predicted molar refractivity (Wildman–Crippen MR) is 60.3 cm³/mol. The fraction of sp³-hybridized carbons (Fsp3) is 0.600. The Morgan fingerprint density at radius 1 is 1.47 bits per heavy atom. The van der Waals surface area contributed by atoms with E-state index in [1.54, 1.807) is 0 Å². The minimum atomic E-state index is -2.95. The number of nitrogens with two attached hydrogens (primary N) is 1. The van der Waals surface area contributed by atoms with Gasteiger partial charge in [0.25, 0.3) is 5.92 Å². The predicted octanol–water partition coefficient (Wildman–Crippen LogP) is 1.27. The van der Waals surface area contributed by atoms with E-state index in [1.807, 2.05) is 6.92 Å². The maximum absolute atomic E-state index is 12.9. The second kappa shape index (κ2) is 6.29. The summed E-state index contributed by atoms with van der Waals surface area (Å²) in [5, 5.41) is 2.49. The Bertz CT molecular complexity index is 349. The van der Waals surface area contributed by atoms with Gasteiger partial charge in [0.2, 0.25) is 5.88 Å². The zero-order chi connectivity index (χ0) is 12.7. The van der Waals surface area contributed by atoms with Crippen LogP contribution in [0.25, 0.3) is 0 Å². The van der Waals surface area contributed by atoms with E-state index >= 15 is 0 Å². The molecule has 0 amide bonds. The van der Waals surface area contributed by atoms with Gasteiger partial charge in [0.05, 0.1) is 19.7 Å². The highest BCUT2D eigenvalue weighted by atomic mass is 19.3. The van der Waals surface area contributed by atoms with Gasteiger partial charge in [0.15, 0.2) is 0 Å². The van der Waals surface area contributed by atoms with Crippen LogP contribution in [0.4, 0.5) is 14.6 Å². The van der Waals surface area contributed by atoms with Crippen molar-refractivity contribution in [3.63, 3.8) is 0 Å². The summed E-state index contributed by atoms with van der Waals surface area (Å²) in [4.78, 5) is 7.66. The highest BCUT2D eigenvalue weighted by molar-refractivity contribution is 5.37. The van der Waals surface area contributed by atoms with Gasteiger partial charge in [0.1, 0.15) is 12.1 Å². The minimum Gasteiger partial charge on any atom is -0.478 e. The van der Waals surface area contributed by atoms with Gasteiger partial charge in [-0.15, -0.1) is 0 Å². The summed E-state index contributed by atoms with van der Waals surface area (Å²) in [6, 6.07) is 1.47. The third kappa shape index (κ3) is 4.90. The molecule has 0 aliphatic heterocycles. The first-order valence-corrected chi connectivity index (χ1v) is 5.34. The number of ether oxygens (including phenoxy) is 1. The van der Waals surface area contributed by atoms with Crippen LogP contribution in [0.5, 0.6) is 5.88 Å². The number of aromatic nitrogens is 2. The van der Waals surface area contributed by atoms with Crippen molar-refractivity contribution in [1.29, 1.82) is 0 Å². The Balaban J connectivity index is 2.53. The normalized spacial score (nSPS) is 11.3. The van der Waals surface area contributed by atoms with Crippen LogP contribution in [0.3, 0.4) is 0 Å². The molecule has 0 spiro atoms. The van der Waals surface area contributed by atoms with Crippen LogP contribution in [0, 0.1) is 0 Å². The van der Waals surface area contributed by atoms with Crippen LogP contribution in [0.1, 0.15) is 13.3 Å². The maximum atomic E-state index is 12.9. The van der Waals surface area contributed by atoms with E-state index in [0.29, 0.717) is 18.3 Å². The van der Waals surface area contributed by atoms with Gasteiger partial charge in [0, 0.05) is 6.07 Å². The molecule has 0 fully saturated rings. The van der Waals surface area contributed by atoms with Crippen LogP contribution < -0.4 is 15.8 Å². The molecule has 0 radical (unpaired) electrons. The van der Waals surface area contributed by atoms with Gasteiger partial charge in [-0.2, -0.15) is 0 Å². The van der Waals surface area contributed by atoms with E-state index in [0.717, 1.165) is 6.42 Å². The lowest BCUT2D eigenvalue weighted by Gasteiger charge is -2.15. The van der Waals surface area contributed by atoms with Gasteiger partial charge in [-0.3, -0.25) is 0 Å².